The van der Waals surface area contributed by atoms with Crippen LogP contribution in [0.2, 0.25) is 0 Å². The summed E-state index contributed by atoms with van der Waals surface area (Å²) >= 11 is 0. The molecule has 3 N–H and O–H groups in total. The summed E-state index contributed by atoms with van der Waals surface area (Å²) < 4.78 is 0. The number of carbonyl (C=O) groups excluding carboxylic acids is 1. The maximum Gasteiger partial charge on any atom is 0.251 e. The van der Waals surface area contributed by atoms with Crippen molar-refractivity contribution in [3.63, 3.8) is 0 Å². The lowest BCUT2D eigenvalue weighted by Gasteiger charge is -2.20. The zero-order valence-corrected chi connectivity index (χ0v) is 18.9. The Labute approximate surface area is 180 Å². The average molecular weight is 487 g/mol. The van der Waals surface area contributed by atoms with Gasteiger partial charge >= 0.3 is 0 Å². The first-order valence-corrected chi connectivity index (χ1v) is 9.71. The van der Waals surface area contributed by atoms with Gasteiger partial charge in [-0.3, -0.25) is 9.79 Å². The van der Waals surface area contributed by atoms with Gasteiger partial charge in [0.05, 0.1) is 0 Å². The molecule has 1 saturated heterocycles. The maximum atomic E-state index is 11.7. The molecular weight excluding hydrogens is 453 g/mol. The monoisotopic (exact) mass is 487 g/mol. The van der Waals surface area contributed by atoms with Crippen molar-refractivity contribution in [2.75, 3.05) is 40.3 Å². The number of aliphatic imine (C=N–C) groups is 1. The molecule has 1 fully saturated rings. The minimum Gasteiger partial charge on any atom is -0.356 e. The van der Waals surface area contributed by atoms with Gasteiger partial charge in [0.2, 0.25) is 0 Å². The Hall–Kier alpha value is -1.35. The number of carbonyl (C=O) groups is 1. The van der Waals surface area contributed by atoms with E-state index in [4.69, 9.17) is 0 Å². The van der Waals surface area contributed by atoms with Gasteiger partial charge in [-0.05, 0) is 56.6 Å². The highest BCUT2D eigenvalue weighted by Gasteiger charge is 2.08. The van der Waals surface area contributed by atoms with Crippen LogP contribution in [0.3, 0.4) is 0 Å². The fourth-order valence-electron chi connectivity index (χ4n) is 3.24. The molecule has 0 atom stereocenters. The second kappa shape index (κ2) is 13.8. The molecule has 1 heterocycles. The molecule has 27 heavy (non-hydrogen) atoms. The molecule has 0 aliphatic carbocycles. The number of nitrogens with zero attached hydrogens (tertiary/aromatic N) is 2. The van der Waals surface area contributed by atoms with Crippen molar-refractivity contribution in [2.24, 2.45) is 4.99 Å². The maximum absolute atomic E-state index is 11.7. The van der Waals surface area contributed by atoms with Gasteiger partial charge in [0.15, 0.2) is 5.96 Å². The molecule has 0 spiro atoms. The number of halogens is 1. The summed E-state index contributed by atoms with van der Waals surface area (Å²) in [7, 11) is 3.43. The molecule has 1 aliphatic heterocycles. The molecule has 6 nitrogen and oxygen atoms in total. The molecular formula is C20H34IN5O. The molecule has 152 valence electrons. The van der Waals surface area contributed by atoms with E-state index in [-0.39, 0.29) is 29.9 Å². The molecule has 1 amide bonds. The number of benzene rings is 1. The number of guanidine groups is 1. The predicted molar refractivity (Wildman–Crippen MR) is 123 cm³/mol. The van der Waals surface area contributed by atoms with Gasteiger partial charge in [-0.15, -0.1) is 24.0 Å². The molecule has 0 radical (unpaired) electrons. The molecule has 2 rings (SSSR count). The number of likely N-dealkylation sites (tertiary alicyclic amines) is 1. The molecule has 0 bridgehead atoms. The van der Waals surface area contributed by atoms with E-state index in [2.05, 4.69) is 25.8 Å². The third-order valence-corrected chi connectivity index (χ3v) is 4.74. The van der Waals surface area contributed by atoms with E-state index >= 15 is 0 Å². The van der Waals surface area contributed by atoms with Gasteiger partial charge in [0.25, 0.3) is 5.91 Å². The minimum absolute atomic E-state index is 0. The van der Waals surface area contributed by atoms with Crippen LogP contribution in [0.4, 0.5) is 0 Å². The summed E-state index contributed by atoms with van der Waals surface area (Å²) in [5.74, 6) is 0.731. The Kier molecular flexibility index (Phi) is 12.1. The van der Waals surface area contributed by atoms with Crippen LogP contribution >= 0.6 is 24.0 Å². The molecule has 1 aromatic carbocycles. The standard InChI is InChI=1S/C20H33N5O.HI/c1-21-19(26)18-10-7-9-17(15-18)16-24-20(22-2)23-11-8-14-25-12-5-3-4-6-13-25;/h7,9-10,15H,3-6,8,11-14,16H2,1-2H3,(H,21,26)(H2,22,23,24);1H. The van der Waals surface area contributed by atoms with E-state index < -0.39 is 0 Å². The minimum atomic E-state index is -0.0668. The molecule has 1 aliphatic rings. The summed E-state index contributed by atoms with van der Waals surface area (Å²) in [6.45, 7) is 5.19. The lowest BCUT2D eigenvalue weighted by Crippen LogP contribution is -2.38. The molecule has 0 unspecified atom stereocenters. The molecule has 0 aromatic heterocycles. The number of hydrogen-bond acceptors (Lipinski definition) is 3. The second-order valence-corrected chi connectivity index (χ2v) is 6.74. The van der Waals surface area contributed by atoms with Crippen molar-refractivity contribution >= 4 is 35.8 Å². The highest BCUT2D eigenvalue weighted by Crippen LogP contribution is 2.09. The number of rotatable bonds is 7. The molecule has 1 aromatic rings. The van der Waals surface area contributed by atoms with E-state index in [1.165, 1.54) is 38.8 Å². The first-order chi connectivity index (χ1) is 12.7. The van der Waals surface area contributed by atoms with Crippen molar-refractivity contribution < 1.29 is 4.79 Å². The number of amides is 1. The summed E-state index contributed by atoms with van der Waals surface area (Å²) in [4.78, 5) is 18.6. The van der Waals surface area contributed by atoms with Gasteiger partial charge in [-0.1, -0.05) is 25.0 Å². The topological polar surface area (TPSA) is 68.8 Å². The Balaban J connectivity index is 0.00000364. The Bertz CT molecular complexity index is 585. The lowest BCUT2D eigenvalue weighted by molar-refractivity contribution is 0.0963. The first-order valence-electron chi connectivity index (χ1n) is 9.71. The normalized spacial score (nSPS) is 15.4. The zero-order valence-electron chi connectivity index (χ0n) is 16.6. The highest BCUT2D eigenvalue weighted by atomic mass is 127. The molecule has 0 saturated carbocycles. The fraction of sp³-hybridized carbons (Fsp3) is 0.600. The lowest BCUT2D eigenvalue weighted by atomic mass is 10.1. The van der Waals surface area contributed by atoms with Gasteiger partial charge in [-0.2, -0.15) is 0 Å². The van der Waals surface area contributed by atoms with E-state index in [1.807, 2.05) is 24.3 Å². The highest BCUT2D eigenvalue weighted by molar-refractivity contribution is 14.0. The van der Waals surface area contributed by atoms with Crippen molar-refractivity contribution in [1.29, 1.82) is 0 Å². The van der Waals surface area contributed by atoms with Crippen LogP contribution < -0.4 is 16.0 Å². The Morgan fingerprint density at radius 1 is 1.15 bits per heavy atom. The molecule has 7 heteroatoms. The van der Waals surface area contributed by atoms with E-state index in [9.17, 15) is 4.79 Å². The average Bonchev–Trinajstić information content (AvgIpc) is 2.96. The van der Waals surface area contributed by atoms with Crippen LogP contribution in [0.1, 0.15) is 48.0 Å². The van der Waals surface area contributed by atoms with Crippen LogP contribution in [-0.4, -0.2) is 57.0 Å². The van der Waals surface area contributed by atoms with Gasteiger partial charge < -0.3 is 20.9 Å². The summed E-state index contributed by atoms with van der Waals surface area (Å²) in [5.41, 5.74) is 1.73. The SMILES string of the molecule is CN=C(NCCCN1CCCCCC1)NCc1cccc(C(=O)NC)c1.I. The summed E-state index contributed by atoms with van der Waals surface area (Å²) in [6.07, 6.45) is 6.56. The van der Waals surface area contributed by atoms with Crippen LogP contribution in [0.25, 0.3) is 0 Å². The number of hydrogen-bond donors (Lipinski definition) is 3. The Morgan fingerprint density at radius 2 is 1.89 bits per heavy atom. The third kappa shape index (κ3) is 8.92. The third-order valence-electron chi connectivity index (χ3n) is 4.74. The predicted octanol–water partition coefficient (Wildman–Crippen LogP) is 2.60. The van der Waals surface area contributed by atoms with Crippen molar-refractivity contribution in [2.45, 2.75) is 38.6 Å². The summed E-state index contributed by atoms with van der Waals surface area (Å²) in [6, 6.07) is 7.63. The van der Waals surface area contributed by atoms with E-state index in [0.29, 0.717) is 12.1 Å². The van der Waals surface area contributed by atoms with E-state index in [1.54, 1.807) is 14.1 Å². The number of nitrogens with one attached hydrogen (secondary N) is 3. The smallest absolute Gasteiger partial charge is 0.251 e. The van der Waals surface area contributed by atoms with Gasteiger partial charge in [0.1, 0.15) is 0 Å². The quantitative estimate of drug-likeness (QED) is 0.240. The van der Waals surface area contributed by atoms with Crippen molar-refractivity contribution in [3.8, 4) is 0 Å². The van der Waals surface area contributed by atoms with Crippen LogP contribution in [0.5, 0.6) is 0 Å². The van der Waals surface area contributed by atoms with Crippen LogP contribution in [-0.2, 0) is 6.54 Å². The van der Waals surface area contributed by atoms with Crippen molar-refractivity contribution in [1.82, 2.24) is 20.9 Å². The zero-order chi connectivity index (χ0) is 18.6. The largest absolute Gasteiger partial charge is 0.356 e. The van der Waals surface area contributed by atoms with E-state index in [0.717, 1.165) is 31.0 Å². The van der Waals surface area contributed by atoms with Crippen LogP contribution in [0.15, 0.2) is 29.3 Å². The fourth-order valence-corrected chi connectivity index (χ4v) is 3.24. The first kappa shape index (κ1) is 23.7. The Morgan fingerprint density at radius 3 is 2.56 bits per heavy atom. The van der Waals surface area contributed by atoms with Crippen molar-refractivity contribution in [3.05, 3.63) is 35.4 Å². The van der Waals surface area contributed by atoms with Gasteiger partial charge in [0, 0.05) is 32.7 Å². The van der Waals surface area contributed by atoms with Gasteiger partial charge in [-0.25, -0.2) is 0 Å². The van der Waals surface area contributed by atoms with Crippen LogP contribution in [0, 0.1) is 0 Å². The second-order valence-electron chi connectivity index (χ2n) is 6.74. The summed E-state index contributed by atoms with van der Waals surface area (Å²) in [5, 5.41) is 9.34.